The molecule has 0 saturated carbocycles. The Morgan fingerprint density at radius 1 is 0.762 bits per heavy atom. The Bertz CT molecular complexity index is 505. The van der Waals surface area contributed by atoms with Crippen LogP contribution in [0.2, 0.25) is 0 Å². The first-order valence-electron chi connectivity index (χ1n) is 7.55. The van der Waals surface area contributed by atoms with Crippen LogP contribution in [0.1, 0.15) is 24.0 Å². The van der Waals surface area contributed by atoms with Crippen molar-refractivity contribution >= 4 is 12.2 Å². The summed E-state index contributed by atoms with van der Waals surface area (Å²) in [6.07, 6.45) is 11.0. The van der Waals surface area contributed by atoms with Crippen LogP contribution in [0.3, 0.4) is 0 Å². The second kappa shape index (κ2) is 8.93. The predicted molar refractivity (Wildman–Crippen MR) is 92.7 cm³/mol. The number of hydrogen-bond donors (Lipinski definition) is 1. The fraction of sp³-hybridized carbons (Fsp3) is 0.200. The van der Waals surface area contributed by atoms with Crippen molar-refractivity contribution in [2.45, 2.75) is 12.8 Å². The lowest BCUT2D eigenvalue weighted by Gasteiger charge is -2.07. The zero-order valence-electron chi connectivity index (χ0n) is 12.4. The average Bonchev–Trinajstić information content (AvgIpc) is 2.56. The molecule has 0 unspecified atom stereocenters. The van der Waals surface area contributed by atoms with Crippen LogP contribution < -0.4 is 5.73 Å². The smallest absolute Gasteiger partial charge is 0.00464 e. The van der Waals surface area contributed by atoms with Gasteiger partial charge in [0.25, 0.3) is 0 Å². The van der Waals surface area contributed by atoms with Crippen molar-refractivity contribution in [3.8, 4) is 0 Å². The Morgan fingerprint density at radius 2 is 1.24 bits per heavy atom. The van der Waals surface area contributed by atoms with Gasteiger partial charge in [-0.1, -0.05) is 85.0 Å². The number of rotatable bonds is 7. The van der Waals surface area contributed by atoms with Crippen molar-refractivity contribution < 1.29 is 0 Å². The molecule has 0 fully saturated rings. The van der Waals surface area contributed by atoms with E-state index in [0.717, 1.165) is 19.4 Å². The van der Waals surface area contributed by atoms with E-state index in [-0.39, 0.29) is 0 Å². The van der Waals surface area contributed by atoms with Crippen LogP contribution in [0.4, 0.5) is 0 Å². The summed E-state index contributed by atoms with van der Waals surface area (Å²) in [6, 6.07) is 20.8. The third-order valence-corrected chi connectivity index (χ3v) is 3.41. The first kappa shape index (κ1) is 15.3. The Labute approximate surface area is 127 Å². The largest absolute Gasteiger partial charge is 0.330 e. The molecule has 2 aromatic carbocycles. The van der Waals surface area contributed by atoms with Crippen LogP contribution in [0.25, 0.3) is 12.2 Å². The van der Waals surface area contributed by atoms with Gasteiger partial charge in [-0.25, -0.2) is 0 Å². The summed E-state index contributed by atoms with van der Waals surface area (Å²) in [7, 11) is 0. The highest BCUT2D eigenvalue weighted by atomic mass is 14.5. The Kier molecular flexibility index (Phi) is 6.50. The van der Waals surface area contributed by atoms with Crippen molar-refractivity contribution in [1.29, 1.82) is 0 Å². The fourth-order valence-corrected chi connectivity index (χ4v) is 2.21. The summed E-state index contributed by atoms with van der Waals surface area (Å²) in [6.45, 7) is 0.745. The molecule has 1 heteroatoms. The van der Waals surface area contributed by atoms with E-state index in [9.17, 15) is 0 Å². The van der Waals surface area contributed by atoms with Gasteiger partial charge in [-0.15, -0.1) is 0 Å². The third-order valence-electron chi connectivity index (χ3n) is 3.41. The SMILES string of the molecule is NCCCC(C=Cc1ccccc1)C=Cc1ccccc1. The summed E-state index contributed by atoms with van der Waals surface area (Å²) in [5, 5.41) is 0. The molecule has 2 N–H and O–H groups in total. The molecular formula is C20H23N. The molecule has 2 aromatic rings. The molecule has 0 atom stereocenters. The third kappa shape index (κ3) is 5.80. The Balaban J connectivity index is 2.04. The van der Waals surface area contributed by atoms with E-state index in [0.29, 0.717) is 5.92 Å². The second-order valence-electron chi connectivity index (χ2n) is 5.13. The van der Waals surface area contributed by atoms with E-state index in [1.165, 1.54) is 11.1 Å². The fourth-order valence-electron chi connectivity index (χ4n) is 2.21. The maximum atomic E-state index is 5.64. The van der Waals surface area contributed by atoms with Gasteiger partial charge in [-0.2, -0.15) is 0 Å². The number of allylic oxidation sites excluding steroid dienone is 2. The van der Waals surface area contributed by atoms with Gasteiger partial charge in [0.2, 0.25) is 0 Å². The molecule has 0 aliphatic rings. The van der Waals surface area contributed by atoms with E-state index in [4.69, 9.17) is 5.73 Å². The molecule has 2 rings (SSSR count). The molecule has 108 valence electrons. The normalized spacial score (nSPS) is 13.0. The standard InChI is InChI=1S/C20H23N/c21-17-7-12-20(15-13-18-8-3-1-4-9-18)16-14-19-10-5-2-6-11-19/h1-6,8-11,13-16,20H,7,12,17,21H2. The highest BCUT2D eigenvalue weighted by Crippen LogP contribution is 2.15. The Morgan fingerprint density at radius 3 is 1.67 bits per heavy atom. The van der Waals surface area contributed by atoms with Crippen molar-refractivity contribution in [1.82, 2.24) is 0 Å². The minimum absolute atomic E-state index is 0.425. The predicted octanol–water partition coefficient (Wildman–Crippen LogP) is 4.77. The van der Waals surface area contributed by atoms with Crippen LogP contribution in [-0.2, 0) is 0 Å². The van der Waals surface area contributed by atoms with Gasteiger partial charge in [-0.3, -0.25) is 0 Å². The van der Waals surface area contributed by atoms with Crippen LogP contribution in [0, 0.1) is 5.92 Å². The van der Waals surface area contributed by atoms with E-state index in [2.05, 4.69) is 72.8 Å². The minimum Gasteiger partial charge on any atom is -0.330 e. The number of benzene rings is 2. The molecule has 21 heavy (non-hydrogen) atoms. The van der Waals surface area contributed by atoms with Gasteiger partial charge in [-0.05, 0) is 36.4 Å². The van der Waals surface area contributed by atoms with Gasteiger partial charge >= 0.3 is 0 Å². The van der Waals surface area contributed by atoms with E-state index >= 15 is 0 Å². The quantitative estimate of drug-likeness (QED) is 0.775. The molecule has 0 aliphatic carbocycles. The molecule has 0 radical (unpaired) electrons. The molecule has 1 nitrogen and oxygen atoms in total. The minimum atomic E-state index is 0.425. The van der Waals surface area contributed by atoms with Crippen molar-refractivity contribution in [2.75, 3.05) is 6.54 Å². The van der Waals surface area contributed by atoms with Crippen LogP contribution in [0.15, 0.2) is 72.8 Å². The lowest BCUT2D eigenvalue weighted by molar-refractivity contribution is 0.665. The summed E-state index contributed by atoms with van der Waals surface area (Å²) in [5.41, 5.74) is 8.12. The monoisotopic (exact) mass is 277 g/mol. The molecule has 0 bridgehead atoms. The van der Waals surface area contributed by atoms with E-state index in [1.54, 1.807) is 0 Å². The highest BCUT2D eigenvalue weighted by molar-refractivity contribution is 5.52. The average molecular weight is 277 g/mol. The zero-order chi connectivity index (χ0) is 14.8. The summed E-state index contributed by atoms with van der Waals surface area (Å²) in [4.78, 5) is 0. The number of hydrogen-bond acceptors (Lipinski definition) is 1. The molecule has 0 aliphatic heterocycles. The first-order valence-corrected chi connectivity index (χ1v) is 7.55. The van der Waals surface area contributed by atoms with E-state index in [1.807, 2.05) is 12.1 Å². The molecule has 0 spiro atoms. The van der Waals surface area contributed by atoms with Gasteiger partial charge in [0.05, 0.1) is 0 Å². The Hall–Kier alpha value is -2.12. The topological polar surface area (TPSA) is 26.0 Å². The van der Waals surface area contributed by atoms with Gasteiger partial charge in [0, 0.05) is 0 Å². The zero-order valence-corrected chi connectivity index (χ0v) is 12.4. The molecular weight excluding hydrogens is 254 g/mol. The lowest BCUT2D eigenvalue weighted by Crippen LogP contribution is -2.01. The summed E-state index contributed by atoms with van der Waals surface area (Å²) >= 11 is 0. The summed E-state index contributed by atoms with van der Waals surface area (Å²) in [5.74, 6) is 0.425. The molecule has 0 aromatic heterocycles. The van der Waals surface area contributed by atoms with Crippen molar-refractivity contribution in [3.05, 3.63) is 83.9 Å². The maximum absolute atomic E-state index is 5.64. The van der Waals surface area contributed by atoms with Crippen LogP contribution in [0.5, 0.6) is 0 Å². The van der Waals surface area contributed by atoms with E-state index < -0.39 is 0 Å². The molecule has 0 heterocycles. The van der Waals surface area contributed by atoms with Crippen LogP contribution in [-0.4, -0.2) is 6.54 Å². The first-order chi connectivity index (χ1) is 10.4. The van der Waals surface area contributed by atoms with Gasteiger partial charge < -0.3 is 5.73 Å². The second-order valence-corrected chi connectivity index (χ2v) is 5.13. The lowest BCUT2D eigenvalue weighted by atomic mass is 9.99. The summed E-state index contributed by atoms with van der Waals surface area (Å²) < 4.78 is 0. The molecule has 0 amide bonds. The van der Waals surface area contributed by atoms with Crippen molar-refractivity contribution in [3.63, 3.8) is 0 Å². The van der Waals surface area contributed by atoms with Crippen molar-refractivity contribution in [2.24, 2.45) is 11.7 Å². The number of nitrogens with two attached hydrogens (primary N) is 1. The maximum Gasteiger partial charge on any atom is -0.00464 e. The van der Waals surface area contributed by atoms with Crippen LogP contribution >= 0.6 is 0 Å². The van der Waals surface area contributed by atoms with Gasteiger partial charge in [0.15, 0.2) is 0 Å². The molecule has 0 saturated heterocycles. The highest BCUT2D eigenvalue weighted by Gasteiger charge is 1.99. The van der Waals surface area contributed by atoms with Gasteiger partial charge in [0.1, 0.15) is 0 Å².